The summed E-state index contributed by atoms with van der Waals surface area (Å²) in [4.78, 5) is 10.8. The third-order valence-electron chi connectivity index (χ3n) is 2.39. The minimum Gasteiger partial charge on any atom is -0.481 e. The minimum absolute atomic E-state index is 0.239. The van der Waals surface area contributed by atoms with E-state index in [0.717, 1.165) is 6.07 Å². The van der Waals surface area contributed by atoms with Crippen LogP contribution in [0.15, 0.2) is 16.3 Å². The molecule has 0 radical (unpaired) electrons. The van der Waals surface area contributed by atoms with Crippen molar-refractivity contribution in [3.8, 4) is 0 Å². The zero-order valence-electron chi connectivity index (χ0n) is 11.1. The van der Waals surface area contributed by atoms with Gasteiger partial charge >= 0.3 is 12.1 Å². The molecule has 0 atom stereocenters. The number of aliphatic carboxylic acids is 1. The van der Waals surface area contributed by atoms with Crippen molar-refractivity contribution in [2.24, 2.45) is 0 Å². The molecule has 0 unspecified atom stereocenters. The molecular weight excluding hydrogens is 331 g/mol. The smallest absolute Gasteiger partial charge is 0.402 e. The van der Waals surface area contributed by atoms with E-state index in [2.05, 4.69) is 0 Å². The maximum Gasteiger partial charge on any atom is 0.402 e. The highest BCUT2D eigenvalue weighted by molar-refractivity contribution is 7.91. The van der Waals surface area contributed by atoms with Crippen LogP contribution in [0, 0.1) is 0 Å². The molecule has 0 fully saturated rings. The van der Waals surface area contributed by atoms with Gasteiger partial charge in [-0.25, -0.2) is 8.42 Å². The van der Waals surface area contributed by atoms with Crippen LogP contribution in [0.3, 0.4) is 0 Å². The highest BCUT2D eigenvalue weighted by atomic mass is 32.2. The number of nitrogens with zero attached hydrogens (tertiary/aromatic N) is 1. The van der Waals surface area contributed by atoms with E-state index in [9.17, 15) is 26.4 Å². The second kappa shape index (κ2) is 6.75. The van der Waals surface area contributed by atoms with Gasteiger partial charge in [-0.2, -0.15) is 17.5 Å². The molecule has 0 aliphatic heterocycles. The van der Waals surface area contributed by atoms with Crippen LogP contribution in [0.25, 0.3) is 0 Å². The molecule has 21 heavy (non-hydrogen) atoms. The van der Waals surface area contributed by atoms with E-state index in [1.54, 1.807) is 6.92 Å². The summed E-state index contributed by atoms with van der Waals surface area (Å²) >= 11 is 0.671. The number of hydrogen-bond donors (Lipinski definition) is 1. The summed E-state index contributed by atoms with van der Waals surface area (Å²) in [6, 6.07) is 2.43. The Balaban J connectivity index is 3.05. The van der Waals surface area contributed by atoms with Crippen molar-refractivity contribution < 1.29 is 31.5 Å². The molecule has 1 rings (SSSR count). The molecular formula is C11H14F3NO4S2. The van der Waals surface area contributed by atoms with Crippen molar-refractivity contribution in [2.45, 2.75) is 30.2 Å². The zero-order valence-corrected chi connectivity index (χ0v) is 12.7. The van der Waals surface area contributed by atoms with Gasteiger partial charge in [-0.05, 0) is 18.6 Å². The highest BCUT2D eigenvalue weighted by Gasteiger charge is 2.37. The molecule has 0 aliphatic carbocycles. The minimum atomic E-state index is -4.64. The maximum atomic E-state index is 12.5. The third-order valence-corrected chi connectivity index (χ3v) is 5.78. The Hall–Kier alpha value is -1.13. The summed E-state index contributed by atoms with van der Waals surface area (Å²) < 4.78 is 61.9. The average molecular weight is 345 g/mol. The van der Waals surface area contributed by atoms with Gasteiger partial charge in [-0.15, -0.1) is 11.3 Å². The second-order valence-electron chi connectivity index (χ2n) is 4.25. The number of alkyl halides is 3. The van der Waals surface area contributed by atoms with Gasteiger partial charge in [0, 0.05) is 11.4 Å². The number of sulfonamides is 1. The van der Waals surface area contributed by atoms with Gasteiger partial charge in [-0.3, -0.25) is 4.79 Å². The number of carboxylic acids is 1. The first kappa shape index (κ1) is 17.9. The van der Waals surface area contributed by atoms with Gasteiger partial charge in [0.15, 0.2) is 0 Å². The van der Waals surface area contributed by atoms with Crippen LogP contribution < -0.4 is 0 Å². The molecule has 0 bridgehead atoms. The van der Waals surface area contributed by atoms with Gasteiger partial charge < -0.3 is 5.11 Å². The van der Waals surface area contributed by atoms with E-state index in [1.807, 2.05) is 0 Å². The first-order valence-electron chi connectivity index (χ1n) is 5.93. The van der Waals surface area contributed by atoms with Gasteiger partial charge in [0.2, 0.25) is 0 Å². The summed E-state index contributed by atoms with van der Waals surface area (Å²) in [5, 5.41) is 8.62. The molecule has 0 amide bonds. The predicted octanol–water partition coefficient (Wildman–Crippen LogP) is 2.34. The van der Waals surface area contributed by atoms with E-state index < -0.39 is 28.7 Å². The molecule has 0 aliphatic rings. The Morgan fingerprint density at radius 1 is 1.38 bits per heavy atom. The lowest BCUT2D eigenvalue weighted by Gasteiger charge is -2.21. The Kier molecular flexibility index (Phi) is 5.76. The second-order valence-corrected chi connectivity index (χ2v) is 7.58. The van der Waals surface area contributed by atoms with Crippen molar-refractivity contribution in [1.29, 1.82) is 0 Å². The van der Waals surface area contributed by atoms with Crippen LogP contribution in [0.5, 0.6) is 0 Å². The van der Waals surface area contributed by atoms with E-state index in [4.69, 9.17) is 5.11 Å². The molecule has 1 heterocycles. The summed E-state index contributed by atoms with van der Waals surface area (Å²) in [5.74, 6) is -1.14. The topological polar surface area (TPSA) is 74.7 Å². The van der Waals surface area contributed by atoms with E-state index in [1.165, 1.54) is 6.07 Å². The SMILES string of the molecule is CCCN(CC(F)(F)F)S(=O)(=O)c1ccc(CC(=O)O)s1. The Morgan fingerprint density at radius 3 is 2.48 bits per heavy atom. The molecule has 0 saturated carbocycles. The Bertz CT molecular complexity index is 595. The predicted molar refractivity (Wildman–Crippen MR) is 70.8 cm³/mol. The van der Waals surface area contributed by atoms with Crippen molar-refractivity contribution in [1.82, 2.24) is 4.31 Å². The number of rotatable bonds is 7. The summed E-state index contributed by atoms with van der Waals surface area (Å²) in [5.41, 5.74) is 0. The van der Waals surface area contributed by atoms with Crippen molar-refractivity contribution in [2.75, 3.05) is 13.1 Å². The highest BCUT2D eigenvalue weighted by Crippen LogP contribution is 2.28. The summed E-state index contributed by atoms with van der Waals surface area (Å²) in [6.45, 7) is -0.244. The van der Waals surface area contributed by atoms with Crippen molar-refractivity contribution in [3.63, 3.8) is 0 Å². The summed E-state index contributed by atoms with van der Waals surface area (Å²) in [7, 11) is -4.27. The first-order chi connectivity index (χ1) is 9.56. The first-order valence-corrected chi connectivity index (χ1v) is 8.19. The molecule has 1 aromatic rings. The van der Waals surface area contributed by atoms with Crippen LogP contribution >= 0.6 is 11.3 Å². The van der Waals surface area contributed by atoms with E-state index >= 15 is 0 Å². The molecule has 0 aromatic carbocycles. The lowest BCUT2D eigenvalue weighted by molar-refractivity contribution is -0.137. The molecule has 0 saturated heterocycles. The molecule has 5 nitrogen and oxygen atoms in total. The fourth-order valence-electron chi connectivity index (χ4n) is 1.60. The van der Waals surface area contributed by atoms with Gasteiger partial charge in [0.1, 0.15) is 10.8 Å². The van der Waals surface area contributed by atoms with Gasteiger partial charge in [0.25, 0.3) is 10.0 Å². The number of hydrogen-bond acceptors (Lipinski definition) is 4. The Morgan fingerprint density at radius 2 is 2.00 bits per heavy atom. The fraction of sp³-hybridized carbons (Fsp3) is 0.545. The van der Waals surface area contributed by atoms with Crippen LogP contribution in [-0.4, -0.2) is 43.1 Å². The monoisotopic (exact) mass is 345 g/mol. The van der Waals surface area contributed by atoms with Crippen LogP contribution in [0.2, 0.25) is 0 Å². The van der Waals surface area contributed by atoms with Gasteiger partial charge in [-0.1, -0.05) is 6.92 Å². The third kappa shape index (κ3) is 5.29. The number of carboxylic acid groups (broad SMARTS) is 1. The van der Waals surface area contributed by atoms with E-state index in [-0.39, 0.29) is 28.5 Å². The lowest BCUT2D eigenvalue weighted by Crippen LogP contribution is -2.39. The zero-order chi connectivity index (χ0) is 16.3. The van der Waals surface area contributed by atoms with Crippen molar-refractivity contribution in [3.05, 3.63) is 17.0 Å². The van der Waals surface area contributed by atoms with Crippen molar-refractivity contribution >= 4 is 27.3 Å². The normalized spacial score (nSPS) is 12.8. The molecule has 1 aromatic heterocycles. The van der Waals surface area contributed by atoms with E-state index in [0.29, 0.717) is 15.6 Å². The Labute approximate surface area is 124 Å². The quantitative estimate of drug-likeness (QED) is 0.823. The number of halogens is 3. The number of carbonyl (C=O) groups is 1. The van der Waals surface area contributed by atoms with Gasteiger partial charge in [0.05, 0.1) is 6.42 Å². The standard InChI is InChI=1S/C11H14F3NO4S2/c1-2-5-15(7-11(12,13)14)21(18,19)10-4-3-8(20-10)6-9(16)17/h3-4H,2,5-7H2,1H3,(H,16,17). The largest absolute Gasteiger partial charge is 0.481 e. The molecule has 0 spiro atoms. The lowest BCUT2D eigenvalue weighted by atomic mass is 10.3. The van der Waals surface area contributed by atoms with Crippen LogP contribution in [-0.2, 0) is 21.2 Å². The fourth-order valence-corrected chi connectivity index (χ4v) is 4.62. The number of thiophene rings is 1. The average Bonchev–Trinajstić information content (AvgIpc) is 2.74. The molecule has 10 heteroatoms. The van der Waals surface area contributed by atoms with Crippen LogP contribution in [0.4, 0.5) is 13.2 Å². The molecule has 120 valence electrons. The maximum absolute atomic E-state index is 12.5. The summed E-state index contributed by atoms with van der Waals surface area (Å²) in [6.07, 6.45) is -4.76. The van der Waals surface area contributed by atoms with Crippen LogP contribution in [0.1, 0.15) is 18.2 Å². The molecule has 1 N–H and O–H groups in total.